The van der Waals surface area contributed by atoms with Crippen LogP contribution in [0.4, 0.5) is 0 Å². The van der Waals surface area contributed by atoms with Crippen LogP contribution in [-0.2, 0) is 65.4 Å². The molecular formula is C85H140O17P2. The highest BCUT2D eigenvalue weighted by Crippen LogP contribution is 2.45. The molecule has 0 saturated carbocycles. The number of phosphoric acid groups is 2. The van der Waals surface area contributed by atoms with Crippen molar-refractivity contribution in [3.8, 4) is 0 Å². The van der Waals surface area contributed by atoms with E-state index in [1.807, 2.05) is 18.2 Å². The summed E-state index contributed by atoms with van der Waals surface area (Å²) in [5.74, 6) is -2.33. The third-order valence-corrected chi connectivity index (χ3v) is 17.9. The summed E-state index contributed by atoms with van der Waals surface area (Å²) >= 11 is 0. The van der Waals surface area contributed by atoms with E-state index < -0.39 is 97.5 Å². The van der Waals surface area contributed by atoms with Crippen molar-refractivity contribution in [1.82, 2.24) is 0 Å². The molecular weight excluding hydrogens is 1350 g/mol. The number of hydrogen-bond donors (Lipinski definition) is 3. The van der Waals surface area contributed by atoms with E-state index in [9.17, 15) is 43.2 Å². The maximum absolute atomic E-state index is 13.1. The molecule has 3 N–H and O–H groups in total. The first kappa shape index (κ1) is 98.7. The maximum atomic E-state index is 13.1. The standard InChI is InChI=1S/C85H140O17P2/c1-5-9-13-17-21-25-29-33-36-38-39-41-44-47-50-54-58-62-66-70-83(88)96-76-81(102-85(90)72-68-64-60-56-52-48-42-35-31-27-23-19-15-11-7-3)78-100-104(93,94)98-74-79(86)73-97-103(91,92)99-77-80(101-84(89)71-67-63-59-55-51-45-32-28-24-20-16-12-8-4)75-95-82(87)69-65-61-57-53-49-46-43-40-37-34-30-26-22-18-14-10-6-2/h9-10,13-14,21-23,25-28,32-37,39,41-43,46-47,50,58,62,79-81,86H,5-8,11-12,15-20,24,29-31,38,40,44-45,48-49,51-57,59-61,63-78H2,1-4H3,(H,91,92)(H,93,94)/b13-9-,14-10-,25-21-,26-22-,27-23-,32-28-,36-33-,37-34-,41-39-,42-35-,46-43-,50-47-,62-58-. The topological polar surface area (TPSA) is 237 Å². The number of carbonyl (C=O) groups is 4. The molecule has 0 saturated heterocycles. The van der Waals surface area contributed by atoms with Gasteiger partial charge in [-0.3, -0.25) is 37.3 Å². The van der Waals surface area contributed by atoms with Crippen LogP contribution in [0.3, 0.4) is 0 Å². The number of carbonyl (C=O) groups excluding carboxylic acids is 4. The number of ether oxygens (including phenoxy) is 4. The normalized spacial score (nSPS) is 14.7. The van der Waals surface area contributed by atoms with Crippen LogP contribution in [0.15, 0.2) is 158 Å². The second kappa shape index (κ2) is 75.9. The molecule has 0 aliphatic rings. The fourth-order valence-electron chi connectivity index (χ4n) is 9.97. The van der Waals surface area contributed by atoms with Crippen molar-refractivity contribution in [2.45, 2.75) is 316 Å². The highest BCUT2D eigenvalue weighted by atomic mass is 31.2. The summed E-state index contributed by atoms with van der Waals surface area (Å²) < 4.78 is 68.5. The lowest BCUT2D eigenvalue weighted by atomic mass is 10.1. The lowest BCUT2D eigenvalue weighted by Crippen LogP contribution is -2.30. The molecule has 0 aliphatic carbocycles. The van der Waals surface area contributed by atoms with Gasteiger partial charge in [0, 0.05) is 25.7 Å². The molecule has 0 aromatic carbocycles. The maximum Gasteiger partial charge on any atom is 0.472 e. The molecule has 5 atom stereocenters. The fourth-order valence-corrected chi connectivity index (χ4v) is 11.5. The molecule has 0 rings (SSSR count). The van der Waals surface area contributed by atoms with Crippen LogP contribution in [0.2, 0.25) is 0 Å². The van der Waals surface area contributed by atoms with Crippen molar-refractivity contribution < 1.29 is 80.2 Å². The molecule has 0 aromatic rings. The quantitative estimate of drug-likeness (QED) is 0.0169. The van der Waals surface area contributed by atoms with Gasteiger partial charge in [-0.25, -0.2) is 9.13 Å². The number of hydrogen-bond acceptors (Lipinski definition) is 15. The Labute approximate surface area is 629 Å². The molecule has 0 aromatic heterocycles. The van der Waals surface area contributed by atoms with Crippen molar-refractivity contribution >= 4 is 39.5 Å². The summed E-state index contributed by atoms with van der Waals surface area (Å²) in [6.45, 7) is 4.46. The largest absolute Gasteiger partial charge is 0.472 e. The van der Waals surface area contributed by atoms with E-state index in [0.29, 0.717) is 32.1 Å². The predicted octanol–water partition coefficient (Wildman–Crippen LogP) is 23.2. The average molecular weight is 1500 g/mol. The van der Waals surface area contributed by atoms with Gasteiger partial charge in [-0.15, -0.1) is 0 Å². The van der Waals surface area contributed by atoms with Crippen LogP contribution >= 0.6 is 15.6 Å². The van der Waals surface area contributed by atoms with Gasteiger partial charge in [-0.05, 0) is 161 Å². The van der Waals surface area contributed by atoms with Crippen LogP contribution in [0.25, 0.3) is 0 Å². The van der Waals surface area contributed by atoms with E-state index in [0.717, 1.165) is 167 Å². The van der Waals surface area contributed by atoms with Crippen LogP contribution in [0.1, 0.15) is 297 Å². The molecule has 0 amide bonds. The molecule has 0 fully saturated rings. The minimum absolute atomic E-state index is 0.0281. The Bertz CT molecular complexity index is 2590. The van der Waals surface area contributed by atoms with Crippen molar-refractivity contribution in [2.24, 2.45) is 0 Å². The van der Waals surface area contributed by atoms with E-state index in [-0.39, 0.29) is 25.7 Å². The molecule has 0 heterocycles. The summed E-state index contributed by atoms with van der Waals surface area (Å²) in [4.78, 5) is 73.0. The minimum Gasteiger partial charge on any atom is -0.462 e. The smallest absolute Gasteiger partial charge is 0.462 e. The summed E-state index contributed by atoms with van der Waals surface area (Å²) in [5.41, 5.74) is 0. The second-order valence-electron chi connectivity index (χ2n) is 25.9. The van der Waals surface area contributed by atoms with Crippen LogP contribution in [0.5, 0.6) is 0 Å². The molecule has 0 bridgehead atoms. The molecule has 0 radical (unpaired) electrons. The summed E-state index contributed by atoms with van der Waals surface area (Å²) in [7, 11) is -10.00. The molecule has 17 nitrogen and oxygen atoms in total. The lowest BCUT2D eigenvalue weighted by molar-refractivity contribution is -0.161. The molecule has 19 heteroatoms. The highest BCUT2D eigenvalue weighted by Gasteiger charge is 2.30. The average Bonchev–Trinajstić information content (AvgIpc) is 0.911. The van der Waals surface area contributed by atoms with E-state index in [1.165, 1.54) is 44.9 Å². The van der Waals surface area contributed by atoms with E-state index in [4.69, 9.17) is 37.0 Å². The van der Waals surface area contributed by atoms with Crippen LogP contribution in [0, 0.1) is 0 Å². The van der Waals surface area contributed by atoms with Gasteiger partial charge < -0.3 is 33.8 Å². The number of allylic oxidation sites excluding steroid dienone is 26. The zero-order chi connectivity index (χ0) is 76.0. The van der Waals surface area contributed by atoms with Gasteiger partial charge in [0.05, 0.1) is 26.4 Å². The third kappa shape index (κ3) is 74.9. The summed E-state index contributed by atoms with van der Waals surface area (Å²) in [6.07, 6.45) is 88.1. The van der Waals surface area contributed by atoms with Crippen LogP contribution < -0.4 is 0 Å². The number of aliphatic hydroxyl groups excluding tert-OH is 1. The monoisotopic (exact) mass is 1490 g/mol. The first-order valence-electron chi connectivity index (χ1n) is 39.7. The fraction of sp³-hybridized carbons (Fsp3) is 0.647. The molecule has 592 valence electrons. The van der Waals surface area contributed by atoms with Gasteiger partial charge in [0.15, 0.2) is 12.2 Å². The first-order valence-corrected chi connectivity index (χ1v) is 42.7. The number of rotatable bonds is 73. The second-order valence-corrected chi connectivity index (χ2v) is 28.8. The van der Waals surface area contributed by atoms with Gasteiger partial charge in [-0.1, -0.05) is 269 Å². The highest BCUT2D eigenvalue weighted by molar-refractivity contribution is 7.47. The Morgan fingerprint density at radius 2 is 0.519 bits per heavy atom. The summed E-state index contributed by atoms with van der Waals surface area (Å²) in [6, 6.07) is 0. The van der Waals surface area contributed by atoms with Gasteiger partial charge >= 0.3 is 39.5 Å². The Balaban J connectivity index is 5.46. The molecule has 0 spiro atoms. The van der Waals surface area contributed by atoms with Gasteiger partial charge in [0.25, 0.3) is 0 Å². The summed E-state index contributed by atoms with van der Waals surface area (Å²) in [5, 5.41) is 10.6. The van der Waals surface area contributed by atoms with Gasteiger partial charge in [0.1, 0.15) is 19.3 Å². The van der Waals surface area contributed by atoms with Crippen molar-refractivity contribution in [3.05, 3.63) is 158 Å². The van der Waals surface area contributed by atoms with Gasteiger partial charge in [-0.2, -0.15) is 0 Å². The van der Waals surface area contributed by atoms with Crippen molar-refractivity contribution in [2.75, 3.05) is 39.6 Å². The predicted molar refractivity (Wildman–Crippen MR) is 427 cm³/mol. The third-order valence-electron chi connectivity index (χ3n) is 16.0. The van der Waals surface area contributed by atoms with E-state index >= 15 is 0 Å². The first-order chi connectivity index (χ1) is 50.7. The number of aliphatic hydroxyl groups is 1. The molecule has 0 aliphatic heterocycles. The Hall–Kier alpha value is -5.32. The minimum atomic E-state index is -5.00. The van der Waals surface area contributed by atoms with Crippen molar-refractivity contribution in [1.29, 1.82) is 0 Å². The SMILES string of the molecule is CC/C=C\C/C=C\C/C=C\C/C=C\C/C=C\C/C=C\CCC(=O)OCC(COP(=O)(O)OCC(O)COP(=O)(O)OCC(COC(=O)CCCCCC/C=C\C/C=C\C/C=C\C/C=C\CC)OC(=O)CCCCCCC/C=C\CCCCCC)OC(=O)CCCCCCC/C=C\C/C=C\CCCCC. The lowest BCUT2D eigenvalue weighted by Gasteiger charge is -2.21. The van der Waals surface area contributed by atoms with E-state index in [2.05, 4.69) is 167 Å². The number of esters is 4. The van der Waals surface area contributed by atoms with Crippen molar-refractivity contribution in [3.63, 3.8) is 0 Å². The van der Waals surface area contributed by atoms with Crippen LogP contribution in [-0.4, -0.2) is 96.7 Å². The molecule has 5 unspecified atom stereocenters. The van der Waals surface area contributed by atoms with E-state index in [1.54, 1.807) is 0 Å². The Morgan fingerprint density at radius 3 is 0.856 bits per heavy atom. The number of unbranched alkanes of at least 4 members (excludes halogenated alkanes) is 21. The zero-order valence-electron chi connectivity index (χ0n) is 64.6. The zero-order valence-corrected chi connectivity index (χ0v) is 66.4. The Kier molecular flexibility index (Phi) is 72.0. The van der Waals surface area contributed by atoms with Gasteiger partial charge in [0.2, 0.25) is 0 Å². The molecule has 104 heavy (non-hydrogen) atoms. The number of phosphoric ester groups is 2. The Morgan fingerprint density at radius 1 is 0.279 bits per heavy atom.